The Hall–Kier alpha value is -2.50. The molecule has 0 aliphatic heterocycles. The second kappa shape index (κ2) is 3.58. The van der Waals surface area contributed by atoms with Gasteiger partial charge in [-0.3, -0.25) is 9.59 Å². The molecule has 0 spiro atoms. The molecule has 0 aliphatic carbocycles. The Labute approximate surface area is 88.6 Å². The number of carboxylic acid groups (broad SMARTS) is 1. The minimum atomic E-state index is -1.30. The second-order valence-electron chi connectivity index (χ2n) is 3.09. The topological polar surface area (TPSA) is 100 Å². The molecule has 6 nitrogen and oxygen atoms in total. The zero-order valence-corrected chi connectivity index (χ0v) is 7.93. The third-order valence-corrected chi connectivity index (χ3v) is 2.11. The van der Waals surface area contributed by atoms with Crippen molar-refractivity contribution >= 4 is 23.3 Å². The summed E-state index contributed by atoms with van der Waals surface area (Å²) in [5, 5.41) is 8.87. The van der Waals surface area contributed by atoms with Crippen molar-refractivity contribution in [1.82, 2.24) is 9.97 Å². The average Bonchev–Trinajstić information content (AvgIpc) is 2.28. The van der Waals surface area contributed by atoms with Crippen LogP contribution in [0.2, 0.25) is 0 Å². The zero-order chi connectivity index (χ0) is 11.7. The fourth-order valence-corrected chi connectivity index (χ4v) is 1.34. The lowest BCUT2D eigenvalue weighted by Gasteiger charge is -1.99. The molecule has 6 heteroatoms. The lowest BCUT2D eigenvalue weighted by molar-refractivity contribution is 0.0695. The van der Waals surface area contributed by atoms with Crippen molar-refractivity contribution in [1.29, 1.82) is 0 Å². The van der Waals surface area contributed by atoms with Gasteiger partial charge in [0.1, 0.15) is 16.9 Å². The summed E-state index contributed by atoms with van der Waals surface area (Å²) in [6.07, 6.45) is 1.61. The monoisotopic (exact) mass is 218 g/mol. The average molecular weight is 218 g/mol. The Kier molecular flexibility index (Phi) is 2.24. The number of hydrogen-bond acceptors (Lipinski definition) is 4. The minimum Gasteiger partial charge on any atom is -0.477 e. The van der Waals surface area contributed by atoms with Crippen molar-refractivity contribution in [2.45, 2.75) is 0 Å². The van der Waals surface area contributed by atoms with Crippen LogP contribution in [0.25, 0.3) is 11.0 Å². The Balaban J connectivity index is 2.82. The molecule has 0 bridgehead atoms. The number of rotatable bonds is 2. The van der Waals surface area contributed by atoms with E-state index in [4.69, 9.17) is 5.11 Å². The number of nitrogens with one attached hydrogen (secondary N) is 1. The van der Waals surface area contributed by atoms with Crippen molar-refractivity contribution in [3.63, 3.8) is 0 Å². The first kappa shape index (κ1) is 10.0. The predicted octanol–water partition coefficient (Wildman–Crippen LogP) is 0.434. The van der Waals surface area contributed by atoms with Crippen molar-refractivity contribution < 1.29 is 14.7 Å². The molecule has 0 aromatic carbocycles. The molecule has 2 N–H and O–H groups in total. The number of carboxylic acids is 1. The molecule has 2 aromatic rings. The summed E-state index contributed by atoms with van der Waals surface area (Å²) in [6.45, 7) is 0. The lowest BCUT2D eigenvalue weighted by Crippen LogP contribution is -2.15. The number of carbonyl (C=O) groups excluding carboxylic acids is 1. The first-order valence-corrected chi connectivity index (χ1v) is 4.34. The molecule has 80 valence electrons. The molecular formula is C10H6N2O4. The van der Waals surface area contributed by atoms with E-state index in [-0.39, 0.29) is 22.3 Å². The van der Waals surface area contributed by atoms with Crippen LogP contribution in [0.4, 0.5) is 0 Å². The van der Waals surface area contributed by atoms with Gasteiger partial charge in [-0.2, -0.15) is 0 Å². The van der Waals surface area contributed by atoms with Gasteiger partial charge >= 0.3 is 5.97 Å². The van der Waals surface area contributed by atoms with Crippen LogP contribution in [0.1, 0.15) is 20.8 Å². The Morgan fingerprint density at radius 2 is 2.19 bits per heavy atom. The second-order valence-corrected chi connectivity index (χ2v) is 3.09. The lowest BCUT2D eigenvalue weighted by atomic mass is 10.2. The first-order valence-electron chi connectivity index (χ1n) is 4.34. The Morgan fingerprint density at radius 3 is 2.81 bits per heavy atom. The third kappa shape index (κ3) is 1.46. The maximum absolute atomic E-state index is 11.6. The highest BCUT2D eigenvalue weighted by molar-refractivity contribution is 5.91. The van der Waals surface area contributed by atoms with Crippen molar-refractivity contribution in [3.05, 3.63) is 39.8 Å². The van der Waals surface area contributed by atoms with Gasteiger partial charge in [0.25, 0.3) is 0 Å². The van der Waals surface area contributed by atoms with E-state index < -0.39 is 11.4 Å². The molecule has 0 aliphatic rings. The summed E-state index contributed by atoms with van der Waals surface area (Å²) in [6, 6.07) is 2.73. The van der Waals surface area contributed by atoms with Crippen molar-refractivity contribution in [3.8, 4) is 0 Å². The first-order chi connectivity index (χ1) is 7.63. The van der Waals surface area contributed by atoms with Crippen LogP contribution < -0.4 is 5.43 Å². The molecule has 0 atom stereocenters. The standard InChI is InChI=1S/C10H6N2O4/c13-4-5-1-2-6-8(14)7(10(15)16)3-11-9(6)12-5/h1-4H,(H,15,16)(H,11,12,14). The number of nitrogens with zero attached hydrogens (tertiary/aromatic N) is 1. The summed E-state index contributed by atoms with van der Waals surface area (Å²) in [5.74, 6) is -1.30. The number of H-pyrrole nitrogens is 1. The van der Waals surface area contributed by atoms with Gasteiger partial charge in [0, 0.05) is 6.20 Å². The van der Waals surface area contributed by atoms with Gasteiger partial charge in [-0.15, -0.1) is 0 Å². The molecule has 2 aromatic heterocycles. The van der Waals surface area contributed by atoms with Crippen LogP contribution in [-0.2, 0) is 0 Å². The highest BCUT2D eigenvalue weighted by Gasteiger charge is 2.11. The number of aromatic nitrogens is 2. The Bertz CT molecular complexity index is 645. The minimum absolute atomic E-state index is 0.144. The molecule has 0 amide bonds. The molecule has 0 radical (unpaired) electrons. The smallest absolute Gasteiger partial charge is 0.341 e. The van der Waals surface area contributed by atoms with Gasteiger partial charge in [0.15, 0.2) is 6.29 Å². The van der Waals surface area contributed by atoms with Crippen LogP contribution in [0.15, 0.2) is 23.1 Å². The molecule has 0 saturated carbocycles. The number of aromatic amines is 1. The summed E-state index contributed by atoms with van der Waals surface area (Å²) < 4.78 is 0. The van der Waals surface area contributed by atoms with Crippen molar-refractivity contribution in [2.75, 3.05) is 0 Å². The number of aromatic carboxylic acids is 1. The fraction of sp³-hybridized carbons (Fsp3) is 0. The zero-order valence-electron chi connectivity index (χ0n) is 7.93. The molecule has 2 rings (SSSR count). The van der Waals surface area contributed by atoms with E-state index in [1.165, 1.54) is 12.1 Å². The summed E-state index contributed by atoms with van der Waals surface area (Å²) in [5.41, 5.74) is -0.606. The number of fused-ring (bicyclic) bond motifs is 1. The molecule has 16 heavy (non-hydrogen) atoms. The van der Waals surface area contributed by atoms with Gasteiger partial charge < -0.3 is 10.1 Å². The predicted molar refractivity (Wildman–Crippen MR) is 54.7 cm³/mol. The molecule has 0 fully saturated rings. The fourth-order valence-electron chi connectivity index (χ4n) is 1.34. The van der Waals surface area contributed by atoms with E-state index in [9.17, 15) is 14.4 Å². The van der Waals surface area contributed by atoms with Gasteiger partial charge in [0.05, 0.1) is 5.39 Å². The molecule has 0 unspecified atom stereocenters. The maximum atomic E-state index is 11.6. The van der Waals surface area contributed by atoms with E-state index in [1.54, 1.807) is 0 Å². The number of pyridine rings is 2. The third-order valence-electron chi connectivity index (χ3n) is 2.11. The maximum Gasteiger partial charge on any atom is 0.341 e. The Morgan fingerprint density at radius 1 is 1.44 bits per heavy atom. The van der Waals surface area contributed by atoms with Crippen LogP contribution in [0.5, 0.6) is 0 Å². The summed E-state index contributed by atoms with van der Waals surface area (Å²) >= 11 is 0. The molecule has 0 saturated heterocycles. The van der Waals surface area contributed by atoms with E-state index in [0.29, 0.717) is 6.29 Å². The van der Waals surface area contributed by atoms with Gasteiger partial charge in [0.2, 0.25) is 5.43 Å². The molecule has 2 heterocycles. The van der Waals surface area contributed by atoms with E-state index in [0.717, 1.165) is 6.20 Å². The SMILES string of the molecule is O=Cc1ccc2c(=O)c(C(=O)O)c[nH]c2n1. The van der Waals surface area contributed by atoms with Crippen molar-refractivity contribution in [2.24, 2.45) is 0 Å². The van der Waals surface area contributed by atoms with E-state index in [2.05, 4.69) is 9.97 Å². The quantitative estimate of drug-likeness (QED) is 0.712. The van der Waals surface area contributed by atoms with Gasteiger partial charge in [-0.05, 0) is 12.1 Å². The largest absolute Gasteiger partial charge is 0.477 e. The normalized spacial score (nSPS) is 10.2. The van der Waals surface area contributed by atoms with E-state index >= 15 is 0 Å². The molecular weight excluding hydrogens is 212 g/mol. The van der Waals surface area contributed by atoms with E-state index in [1.807, 2.05) is 0 Å². The van der Waals surface area contributed by atoms with Gasteiger partial charge in [-0.1, -0.05) is 0 Å². The van der Waals surface area contributed by atoms with Crippen LogP contribution in [-0.4, -0.2) is 27.3 Å². The summed E-state index contributed by atoms with van der Waals surface area (Å²) in [4.78, 5) is 39.2. The highest BCUT2D eigenvalue weighted by Crippen LogP contribution is 2.06. The summed E-state index contributed by atoms with van der Waals surface area (Å²) in [7, 11) is 0. The van der Waals surface area contributed by atoms with Crippen LogP contribution in [0, 0.1) is 0 Å². The highest BCUT2D eigenvalue weighted by atomic mass is 16.4. The number of carbonyl (C=O) groups is 2. The number of hydrogen-bond donors (Lipinski definition) is 2. The van der Waals surface area contributed by atoms with Crippen LogP contribution in [0.3, 0.4) is 0 Å². The number of aldehydes is 1. The van der Waals surface area contributed by atoms with Gasteiger partial charge in [-0.25, -0.2) is 9.78 Å². The van der Waals surface area contributed by atoms with Crippen LogP contribution >= 0.6 is 0 Å².